The number of amides is 1. The van der Waals surface area contributed by atoms with E-state index in [1.54, 1.807) is 6.20 Å². The molecule has 0 aliphatic carbocycles. The third-order valence-corrected chi connectivity index (χ3v) is 4.36. The van der Waals surface area contributed by atoms with Crippen molar-refractivity contribution >= 4 is 6.09 Å². The number of H-pyrrole nitrogens is 1. The SMILES string of the molecule is CCCC[C@H](NC(=O)OCc1ccccc1)c1ncc(-c2ccccc2)[nH]1. The van der Waals surface area contributed by atoms with Crippen molar-refractivity contribution in [3.8, 4) is 11.3 Å². The Morgan fingerprint density at radius 3 is 2.52 bits per heavy atom. The maximum Gasteiger partial charge on any atom is 0.408 e. The monoisotopic (exact) mass is 363 g/mol. The number of benzene rings is 2. The van der Waals surface area contributed by atoms with Gasteiger partial charge in [-0.2, -0.15) is 0 Å². The van der Waals surface area contributed by atoms with Crippen LogP contribution in [0.2, 0.25) is 0 Å². The molecule has 0 saturated carbocycles. The number of carbonyl (C=O) groups excluding carboxylic acids is 1. The van der Waals surface area contributed by atoms with E-state index < -0.39 is 6.09 Å². The molecule has 0 aliphatic heterocycles. The van der Waals surface area contributed by atoms with Crippen LogP contribution in [0.1, 0.15) is 43.6 Å². The summed E-state index contributed by atoms with van der Waals surface area (Å²) in [5, 5.41) is 2.95. The normalized spacial score (nSPS) is 11.7. The van der Waals surface area contributed by atoms with Crippen LogP contribution in [-0.2, 0) is 11.3 Å². The average Bonchev–Trinajstić information content (AvgIpc) is 3.21. The zero-order valence-electron chi connectivity index (χ0n) is 15.5. The minimum Gasteiger partial charge on any atom is -0.445 e. The molecule has 1 heterocycles. The van der Waals surface area contributed by atoms with Gasteiger partial charge in [-0.3, -0.25) is 0 Å². The maximum absolute atomic E-state index is 12.3. The summed E-state index contributed by atoms with van der Waals surface area (Å²) in [6.45, 7) is 2.38. The van der Waals surface area contributed by atoms with Crippen LogP contribution in [0.25, 0.3) is 11.3 Å². The van der Waals surface area contributed by atoms with E-state index in [9.17, 15) is 4.79 Å². The summed E-state index contributed by atoms with van der Waals surface area (Å²) < 4.78 is 5.36. The van der Waals surface area contributed by atoms with Crippen LogP contribution < -0.4 is 5.32 Å². The van der Waals surface area contributed by atoms with Crippen molar-refractivity contribution in [1.29, 1.82) is 0 Å². The van der Waals surface area contributed by atoms with Crippen LogP contribution in [0.5, 0.6) is 0 Å². The second-order valence-corrected chi connectivity index (χ2v) is 6.45. The Balaban J connectivity index is 1.65. The molecule has 0 radical (unpaired) electrons. The summed E-state index contributed by atoms with van der Waals surface area (Å²) in [5.41, 5.74) is 2.96. The molecule has 5 nitrogen and oxygen atoms in total. The molecule has 0 fully saturated rings. The summed E-state index contributed by atoms with van der Waals surface area (Å²) in [6.07, 6.45) is 4.21. The van der Waals surface area contributed by atoms with Gasteiger partial charge in [-0.1, -0.05) is 80.4 Å². The molecule has 27 heavy (non-hydrogen) atoms. The zero-order valence-corrected chi connectivity index (χ0v) is 15.5. The number of aromatic nitrogens is 2. The van der Waals surface area contributed by atoms with Gasteiger partial charge in [-0.15, -0.1) is 0 Å². The molecule has 3 aromatic rings. The molecule has 0 saturated heterocycles. The standard InChI is InChI=1S/C22H25N3O2/c1-2-3-14-19(25-22(26)27-16-17-10-6-4-7-11-17)21-23-15-20(24-21)18-12-8-5-9-13-18/h4-13,15,19H,2-3,14,16H2,1H3,(H,23,24)(H,25,26)/t19-/m0/s1. The van der Waals surface area contributed by atoms with Crippen molar-refractivity contribution in [2.24, 2.45) is 0 Å². The number of rotatable bonds is 8. The topological polar surface area (TPSA) is 67.0 Å². The first-order chi connectivity index (χ1) is 13.3. The van der Waals surface area contributed by atoms with Gasteiger partial charge in [0.2, 0.25) is 0 Å². The number of alkyl carbamates (subject to hydrolysis) is 1. The number of nitrogens with zero attached hydrogens (tertiary/aromatic N) is 1. The molecule has 0 bridgehead atoms. The van der Waals surface area contributed by atoms with Crippen LogP contribution in [-0.4, -0.2) is 16.1 Å². The smallest absolute Gasteiger partial charge is 0.408 e. The van der Waals surface area contributed by atoms with Gasteiger partial charge in [0.1, 0.15) is 12.4 Å². The highest BCUT2D eigenvalue weighted by Gasteiger charge is 2.18. The van der Waals surface area contributed by atoms with Gasteiger partial charge in [0, 0.05) is 0 Å². The van der Waals surface area contributed by atoms with Crippen molar-refractivity contribution < 1.29 is 9.53 Å². The van der Waals surface area contributed by atoms with E-state index in [0.717, 1.165) is 41.9 Å². The van der Waals surface area contributed by atoms with Crippen LogP contribution >= 0.6 is 0 Å². The van der Waals surface area contributed by atoms with Gasteiger partial charge < -0.3 is 15.0 Å². The van der Waals surface area contributed by atoms with E-state index in [0.29, 0.717) is 0 Å². The minimum atomic E-state index is -0.433. The molecule has 0 aliphatic rings. The van der Waals surface area contributed by atoms with E-state index in [1.165, 1.54) is 0 Å². The van der Waals surface area contributed by atoms with Gasteiger partial charge in [-0.25, -0.2) is 9.78 Å². The van der Waals surface area contributed by atoms with Crippen molar-refractivity contribution in [3.63, 3.8) is 0 Å². The second kappa shape index (κ2) is 9.57. The number of ether oxygens (including phenoxy) is 1. The predicted octanol–water partition coefficient (Wildman–Crippen LogP) is 5.23. The van der Waals surface area contributed by atoms with Crippen LogP contribution in [0, 0.1) is 0 Å². The van der Waals surface area contributed by atoms with E-state index in [-0.39, 0.29) is 12.6 Å². The number of carbonyl (C=O) groups is 1. The molecule has 1 aromatic heterocycles. The highest BCUT2D eigenvalue weighted by molar-refractivity contribution is 5.68. The summed E-state index contributed by atoms with van der Waals surface area (Å²) in [6, 6.07) is 19.5. The molecule has 2 N–H and O–H groups in total. The van der Waals surface area contributed by atoms with Gasteiger partial charge >= 0.3 is 6.09 Å². The summed E-state index contributed by atoms with van der Waals surface area (Å²) in [7, 11) is 0. The van der Waals surface area contributed by atoms with E-state index in [2.05, 4.69) is 22.2 Å². The lowest BCUT2D eigenvalue weighted by molar-refractivity contribution is 0.134. The first kappa shape index (κ1) is 18.7. The molecule has 140 valence electrons. The van der Waals surface area contributed by atoms with Crippen molar-refractivity contribution in [3.05, 3.63) is 78.2 Å². The number of nitrogens with one attached hydrogen (secondary N) is 2. The zero-order chi connectivity index (χ0) is 18.9. The van der Waals surface area contributed by atoms with E-state index in [4.69, 9.17) is 4.74 Å². The van der Waals surface area contributed by atoms with Crippen LogP contribution in [0.4, 0.5) is 4.79 Å². The third kappa shape index (κ3) is 5.45. The van der Waals surface area contributed by atoms with Gasteiger partial charge in [0.15, 0.2) is 0 Å². The fraction of sp³-hybridized carbons (Fsp3) is 0.273. The maximum atomic E-state index is 12.3. The number of hydrogen-bond acceptors (Lipinski definition) is 3. The predicted molar refractivity (Wildman–Crippen MR) is 106 cm³/mol. The summed E-state index contributed by atoms with van der Waals surface area (Å²) >= 11 is 0. The molecule has 0 unspecified atom stereocenters. The fourth-order valence-electron chi connectivity index (χ4n) is 2.87. The van der Waals surface area contributed by atoms with Crippen molar-refractivity contribution in [2.75, 3.05) is 0 Å². The first-order valence-electron chi connectivity index (χ1n) is 9.34. The Hall–Kier alpha value is -3.08. The first-order valence-corrected chi connectivity index (χ1v) is 9.34. The number of unbranched alkanes of at least 4 members (excludes halogenated alkanes) is 1. The fourth-order valence-corrected chi connectivity index (χ4v) is 2.87. The van der Waals surface area contributed by atoms with E-state index >= 15 is 0 Å². The molecule has 1 atom stereocenters. The molecule has 3 rings (SSSR count). The lowest BCUT2D eigenvalue weighted by Crippen LogP contribution is -2.29. The Morgan fingerprint density at radius 1 is 1.11 bits per heavy atom. The van der Waals surface area contributed by atoms with Gasteiger partial charge in [-0.05, 0) is 17.5 Å². The van der Waals surface area contributed by atoms with Gasteiger partial charge in [0.25, 0.3) is 0 Å². The lowest BCUT2D eigenvalue weighted by Gasteiger charge is -2.16. The Morgan fingerprint density at radius 2 is 1.81 bits per heavy atom. The molecule has 2 aromatic carbocycles. The number of imidazole rings is 1. The van der Waals surface area contributed by atoms with Crippen molar-refractivity contribution in [1.82, 2.24) is 15.3 Å². The molecule has 5 heteroatoms. The van der Waals surface area contributed by atoms with Gasteiger partial charge in [0.05, 0.1) is 17.9 Å². The van der Waals surface area contributed by atoms with Crippen molar-refractivity contribution in [2.45, 2.75) is 38.8 Å². The quantitative estimate of drug-likeness (QED) is 0.575. The molecular weight excluding hydrogens is 338 g/mol. The largest absolute Gasteiger partial charge is 0.445 e. The Labute approximate surface area is 159 Å². The van der Waals surface area contributed by atoms with Crippen LogP contribution in [0.15, 0.2) is 66.9 Å². The lowest BCUT2D eigenvalue weighted by atomic mass is 10.1. The summed E-state index contributed by atoms with van der Waals surface area (Å²) in [4.78, 5) is 20.1. The number of hydrogen-bond donors (Lipinski definition) is 2. The Bertz CT molecular complexity index is 831. The average molecular weight is 363 g/mol. The molecule has 0 spiro atoms. The number of aromatic amines is 1. The van der Waals surface area contributed by atoms with Crippen LogP contribution in [0.3, 0.4) is 0 Å². The third-order valence-electron chi connectivity index (χ3n) is 4.36. The molecular formula is C22H25N3O2. The minimum absolute atomic E-state index is 0.203. The summed E-state index contributed by atoms with van der Waals surface area (Å²) in [5.74, 6) is 0.749. The molecule has 1 amide bonds. The Kier molecular flexibility index (Phi) is 6.63. The van der Waals surface area contributed by atoms with E-state index in [1.807, 2.05) is 60.7 Å². The highest BCUT2D eigenvalue weighted by Crippen LogP contribution is 2.22. The second-order valence-electron chi connectivity index (χ2n) is 6.45. The highest BCUT2D eigenvalue weighted by atomic mass is 16.5.